The lowest BCUT2D eigenvalue weighted by Crippen LogP contribution is -1.99. The number of H-pyrrole nitrogens is 1. The number of aryl methyl sites for hydroxylation is 3. The fraction of sp³-hybridized carbons (Fsp3) is 0.250. The molecule has 0 bridgehead atoms. The Kier molecular flexibility index (Phi) is 5.41. The van der Waals surface area contributed by atoms with Crippen LogP contribution in [-0.2, 0) is 0 Å². The van der Waals surface area contributed by atoms with Crippen LogP contribution in [-0.4, -0.2) is 35.3 Å². The largest absolute Gasteiger partial charge is 0.497 e. The first-order valence-corrected chi connectivity index (χ1v) is 8.87. The van der Waals surface area contributed by atoms with Crippen molar-refractivity contribution in [3.8, 4) is 22.9 Å². The van der Waals surface area contributed by atoms with Crippen LogP contribution in [0.5, 0.6) is 11.5 Å². The van der Waals surface area contributed by atoms with E-state index in [0.29, 0.717) is 22.1 Å². The summed E-state index contributed by atoms with van der Waals surface area (Å²) in [5.41, 5.74) is 5.38. The summed E-state index contributed by atoms with van der Waals surface area (Å²) >= 11 is 5.37. The van der Waals surface area contributed by atoms with Crippen molar-refractivity contribution < 1.29 is 9.47 Å². The van der Waals surface area contributed by atoms with Crippen LogP contribution >= 0.6 is 12.2 Å². The van der Waals surface area contributed by atoms with Gasteiger partial charge in [-0.1, -0.05) is 17.7 Å². The van der Waals surface area contributed by atoms with Crippen molar-refractivity contribution in [1.82, 2.24) is 14.9 Å². The van der Waals surface area contributed by atoms with E-state index in [1.807, 2.05) is 18.3 Å². The Bertz CT molecular complexity index is 1040. The Morgan fingerprint density at radius 2 is 1.78 bits per heavy atom. The first-order chi connectivity index (χ1) is 12.9. The number of rotatable bonds is 5. The SMILES string of the molecule is COc1ccc(-c2n[nH]c(=S)n2N=Cc2c(C)cc(C)cc2C)c(OC)c1. The van der Waals surface area contributed by atoms with Crippen molar-refractivity contribution in [2.75, 3.05) is 14.2 Å². The summed E-state index contributed by atoms with van der Waals surface area (Å²) in [5.74, 6) is 1.89. The highest BCUT2D eigenvalue weighted by Crippen LogP contribution is 2.32. The predicted molar refractivity (Wildman–Crippen MR) is 110 cm³/mol. The molecule has 0 fully saturated rings. The van der Waals surface area contributed by atoms with E-state index in [1.54, 1.807) is 25.0 Å². The normalized spacial score (nSPS) is 11.1. The zero-order valence-corrected chi connectivity index (χ0v) is 16.8. The Morgan fingerprint density at radius 1 is 1.07 bits per heavy atom. The van der Waals surface area contributed by atoms with E-state index in [4.69, 9.17) is 21.7 Å². The summed E-state index contributed by atoms with van der Waals surface area (Å²) in [5, 5.41) is 11.7. The van der Waals surface area contributed by atoms with Crippen molar-refractivity contribution in [3.63, 3.8) is 0 Å². The van der Waals surface area contributed by atoms with E-state index in [2.05, 4.69) is 48.2 Å². The number of nitrogens with one attached hydrogen (secondary N) is 1. The molecule has 1 N–H and O–H groups in total. The minimum absolute atomic E-state index is 0.404. The first-order valence-electron chi connectivity index (χ1n) is 8.46. The maximum absolute atomic E-state index is 5.49. The molecule has 0 aliphatic carbocycles. The van der Waals surface area contributed by atoms with Crippen LogP contribution in [0.15, 0.2) is 35.4 Å². The minimum Gasteiger partial charge on any atom is -0.497 e. The van der Waals surface area contributed by atoms with Gasteiger partial charge in [-0.05, 0) is 56.2 Å². The van der Waals surface area contributed by atoms with Gasteiger partial charge >= 0.3 is 0 Å². The standard InChI is InChI=1S/C20H22N4O2S/c1-12-8-13(2)17(14(3)9-12)11-21-24-19(22-23-20(24)27)16-7-6-15(25-4)10-18(16)26-5/h6-11H,1-5H3,(H,23,27). The molecular weight excluding hydrogens is 360 g/mol. The summed E-state index contributed by atoms with van der Waals surface area (Å²) < 4.78 is 12.7. The molecule has 3 aromatic rings. The summed E-state index contributed by atoms with van der Waals surface area (Å²) in [6, 6.07) is 9.79. The van der Waals surface area contributed by atoms with E-state index in [-0.39, 0.29) is 0 Å². The molecule has 0 aliphatic heterocycles. The van der Waals surface area contributed by atoms with Gasteiger partial charge in [-0.15, -0.1) is 0 Å². The molecule has 0 saturated carbocycles. The van der Waals surface area contributed by atoms with Crippen LogP contribution in [0.4, 0.5) is 0 Å². The molecule has 0 atom stereocenters. The van der Waals surface area contributed by atoms with Crippen molar-refractivity contribution in [2.24, 2.45) is 5.10 Å². The zero-order valence-electron chi connectivity index (χ0n) is 16.0. The molecular formula is C20H22N4O2S. The zero-order chi connectivity index (χ0) is 19.6. The van der Waals surface area contributed by atoms with Gasteiger partial charge in [0.2, 0.25) is 4.77 Å². The van der Waals surface area contributed by atoms with Crippen molar-refractivity contribution in [1.29, 1.82) is 0 Å². The Morgan fingerprint density at radius 3 is 2.41 bits per heavy atom. The van der Waals surface area contributed by atoms with E-state index in [0.717, 1.165) is 22.3 Å². The number of hydrogen-bond acceptors (Lipinski definition) is 5. The third-order valence-corrected chi connectivity index (χ3v) is 4.60. The second kappa shape index (κ2) is 7.75. The number of methoxy groups -OCH3 is 2. The van der Waals surface area contributed by atoms with E-state index >= 15 is 0 Å². The van der Waals surface area contributed by atoms with Crippen molar-refractivity contribution in [3.05, 3.63) is 57.4 Å². The summed E-state index contributed by atoms with van der Waals surface area (Å²) in [7, 11) is 3.22. The smallest absolute Gasteiger partial charge is 0.216 e. The number of nitrogens with zero attached hydrogens (tertiary/aromatic N) is 3. The number of benzene rings is 2. The Labute approximate surface area is 163 Å². The number of aromatic nitrogens is 3. The average molecular weight is 382 g/mol. The third kappa shape index (κ3) is 3.78. The molecule has 0 amide bonds. The predicted octanol–water partition coefficient (Wildman–Crippen LogP) is 4.43. The van der Waals surface area contributed by atoms with Gasteiger partial charge in [0.25, 0.3) is 0 Å². The van der Waals surface area contributed by atoms with E-state index in [9.17, 15) is 0 Å². The van der Waals surface area contributed by atoms with Gasteiger partial charge in [0.1, 0.15) is 11.5 Å². The molecule has 0 spiro atoms. The van der Waals surface area contributed by atoms with Gasteiger partial charge in [0.05, 0.1) is 26.0 Å². The Hall–Kier alpha value is -2.93. The van der Waals surface area contributed by atoms with Crippen LogP contribution in [0.1, 0.15) is 22.3 Å². The minimum atomic E-state index is 0.404. The first kappa shape index (κ1) is 18.8. The van der Waals surface area contributed by atoms with Crippen LogP contribution in [0, 0.1) is 25.5 Å². The lowest BCUT2D eigenvalue weighted by molar-refractivity contribution is 0.395. The molecule has 1 aromatic heterocycles. The molecule has 0 unspecified atom stereocenters. The lowest BCUT2D eigenvalue weighted by atomic mass is 10.0. The maximum Gasteiger partial charge on any atom is 0.216 e. The van der Waals surface area contributed by atoms with Crippen molar-refractivity contribution >= 4 is 18.4 Å². The van der Waals surface area contributed by atoms with Crippen LogP contribution < -0.4 is 9.47 Å². The lowest BCUT2D eigenvalue weighted by Gasteiger charge is -2.10. The van der Waals surface area contributed by atoms with Crippen LogP contribution in [0.3, 0.4) is 0 Å². The van der Waals surface area contributed by atoms with Gasteiger partial charge in [-0.3, -0.25) is 0 Å². The highest BCUT2D eigenvalue weighted by atomic mass is 32.1. The number of ether oxygens (including phenoxy) is 2. The molecule has 0 aliphatic rings. The van der Waals surface area contributed by atoms with E-state index in [1.165, 1.54) is 5.56 Å². The topological polar surface area (TPSA) is 64.4 Å². The highest BCUT2D eigenvalue weighted by Gasteiger charge is 2.14. The van der Waals surface area contributed by atoms with Crippen LogP contribution in [0.2, 0.25) is 0 Å². The van der Waals surface area contributed by atoms with Gasteiger partial charge in [0.15, 0.2) is 5.82 Å². The van der Waals surface area contributed by atoms with Gasteiger partial charge in [0, 0.05) is 11.6 Å². The summed E-state index contributed by atoms with van der Waals surface area (Å²) in [6.45, 7) is 6.23. The molecule has 7 heteroatoms. The van der Waals surface area contributed by atoms with Crippen molar-refractivity contribution in [2.45, 2.75) is 20.8 Å². The molecule has 2 aromatic carbocycles. The second-order valence-electron chi connectivity index (χ2n) is 6.29. The average Bonchev–Trinajstić information content (AvgIpc) is 3.00. The number of aromatic amines is 1. The molecule has 3 rings (SSSR count). The molecule has 140 valence electrons. The molecule has 1 heterocycles. The van der Waals surface area contributed by atoms with Gasteiger partial charge in [-0.2, -0.15) is 14.9 Å². The molecule has 0 saturated heterocycles. The summed E-state index contributed by atoms with van der Waals surface area (Å²) in [6.07, 6.45) is 1.81. The quantitative estimate of drug-likeness (QED) is 0.524. The third-order valence-electron chi connectivity index (χ3n) is 4.34. The monoisotopic (exact) mass is 382 g/mol. The van der Waals surface area contributed by atoms with Crippen LogP contribution in [0.25, 0.3) is 11.4 Å². The maximum atomic E-state index is 5.49. The molecule has 6 nitrogen and oxygen atoms in total. The Balaban J connectivity index is 2.08. The van der Waals surface area contributed by atoms with E-state index < -0.39 is 0 Å². The molecule has 27 heavy (non-hydrogen) atoms. The molecule has 0 radical (unpaired) electrons. The second-order valence-corrected chi connectivity index (χ2v) is 6.67. The van der Waals surface area contributed by atoms with Gasteiger partial charge in [-0.25, -0.2) is 5.10 Å². The number of hydrogen-bond donors (Lipinski definition) is 1. The summed E-state index contributed by atoms with van der Waals surface area (Å²) in [4.78, 5) is 0. The fourth-order valence-electron chi connectivity index (χ4n) is 3.07. The highest BCUT2D eigenvalue weighted by molar-refractivity contribution is 7.71. The fourth-order valence-corrected chi connectivity index (χ4v) is 3.25. The van der Waals surface area contributed by atoms with Gasteiger partial charge < -0.3 is 9.47 Å².